The van der Waals surface area contributed by atoms with Crippen LogP contribution in [0.2, 0.25) is 0 Å². The van der Waals surface area contributed by atoms with Crippen molar-refractivity contribution in [3.63, 3.8) is 0 Å². The molecule has 120 valence electrons. The molecular weight excluding hydrogens is 282 g/mol. The molecule has 0 aromatic rings. The van der Waals surface area contributed by atoms with E-state index in [2.05, 4.69) is 11.8 Å². The molecular formula is C16H29N3OS. The van der Waals surface area contributed by atoms with Gasteiger partial charge in [0.1, 0.15) is 0 Å². The Kier molecular flexibility index (Phi) is 5.60. The maximum atomic E-state index is 13.1. The van der Waals surface area contributed by atoms with Gasteiger partial charge in [0, 0.05) is 26.2 Å². The first kappa shape index (κ1) is 16.7. The fraction of sp³-hybridized carbons (Fsp3) is 0.875. The molecule has 2 aliphatic rings. The molecule has 21 heavy (non-hydrogen) atoms. The summed E-state index contributed by atoms with van der Waals surface area (Å²) in [5.41, 5.74) is 5.42. The predicted molar refractivity (Wildman–Crippen MR) is 90.2 cm³/mol. The van der Waals surface area contributed by atoms with Gasteiger partial charge in [-0.15, -0.1) is 0 Å². The Hall–Kier alpha value is -0.680. The molecule has 1 amide bonds. The van der Waals surface area contributed by atoms with Crippen molar-refractivity contribution in [2.45, 2.75) is 57.9 Å². The minimum atomic E-state index is -0.565. The van der Waals surface area contributed by atoms with Crippen molar-refractivity contribution in [1.82, 2.24) is 9.80 Å². The van der Waals surface area contributed by atoms with Crippen LogP contribution >= 0.6 is 12.2 Å². The van der Waals surface area contributed by atoms with Gasteiger partial charge in [0.2, 0.25) is 5.91 Å². The average Bonchev–Trinajstić information content (AvgIpc) is 2.54. The van der Waals surface area contributed by atoms with Gasteiger partial charge in [-0.05, 0) is 32.2 Å². The average molecular weight is 311 g/mol. The van der Waals surface area contributed by atoms with Crippen LogP contribution in [-0.4, -0.2) is 53.4 Å². The molecule has 0 spiro atoms. The molecule has 1 saturated heterocycles. The van der Waals surface area contributed by atoms with Gasteiger partial charge in [-0.25, -0.2) is 0 Å². The zero-order valence-electron chi connectivity index (χ0n) is 13.4. The van der Waals surface area contributed by atoms with Crippen LogP contribution in [0.15, 0.2) is 0 Å². The first-order chi connectivity index (χ1) is 10.0. The monoisotopic (exact) mass is 311 g/mol. The van der Waals surface area contributed by atoms with Crippen molar-refractivity contribution in [2.75, 3.05) is 26.7 Å². The number of amides is 1. The molecule has 1 saturated carbocycles. The van der Waals surface area contributed by atoms with Gasteiger partial charge in [-0.1, -0.05) is 38.4 Å². The molecule has 0 bridgehead atoms. The van der Waals surface area contributed by atoms with E-state index in [1.807, 2.05) is 11.9 Å². The number of likely N-dealkylation sites (tertiary alicyclic amines) is 1. The number of thiocarbonyl (C=S) groups is 1. The second kappa shape index (κ2) is 7.05. The summed E-state index contributed by atoms with van der Waals surface area (Å²) < 4.78 is 0. The van der Waals surface area contributed by atoms with Gasteiger partial charge in [0.15, 0.2) is 0 Å². The number of piperidine rings is 1. The van der Waals surface area contributed by atoms with Crippen molar-refractivity contribution in [1.29, 1.82) is 0 Å². The molecule has 1 aliphatic carbocycles. The first-order valence-corrected chi connectivity index (χ1v) is 8.71. The van der Waals surface area contributed by atoms with E-state index in [1.54, 1.807) is 0 Å². The Labute approximate surface area is 134 Å². The quantitative estimate of drug-likeness (QED) is 0.808. The summed E-state index contributed by atoms with van der Waals surface area (Å²) in [7, 11) is 1.95. The Morgan fingerprint density at radius 3 is 2.33 bits per heavy atom. The van der Waals surface area contributed by atoms with Crippen LogP contribution in [-0.2, 0) is 4.79 Å². The first-order valence-electron chi connectivity index (χ1n) is 8.31. The van der Waals surface area contributed by atoms with Crippen molar-refractivity contribution in [2.24, 2.45) is 11.1 Å². The third-order valence-electron chi connectivity index (χ3n) is 5.46. The summed E-state index contributed by atoms with van der Waals surface area (Å²) in [5, 5.41) is 0. The topological polar surface area (TPSA) is 49.6 Å². The van der Waals surface area contributed by atoms with Crippen LogP contribution < -0.4 is 5.73 Å². The predicted octanol–water partition coefficient (Wildman–Crippen LogP) is 2.17. The highest BCUT2D eigenvalue weighted by atomic mass is 32.1. The fourth-order valence-corrected chi connectivity index (χ4v) is 4.14. The van der Waals surface area contributed by atoms with E-state index in [4.69, 9.17) is 18.0 Å². The van der Waals surface area contributed by atoms with Gasteiger partial charge >= 0.3 is 0 Å². The lowest BCUT2D eigenvalue weighted by Gasteiger charge is -2.42. The lowest BCUT2D eigenvalue weighted by Crippen LogP contribution is -2.54. The number of carbonyl (C=O) groups is 1. The SMILES string of the molecule is CCN1CCC(N(C)C(=O)C2(C(N)=S)CCCCC2)CC1. The molecule has 0 radical (unpaired) electrons. The van der Waals surface area contributed by atoms with Crippen LogP contribution in [0.3, 0.4) is 0 Å². The zero-order chi connectivity index (χ0) is 15.5. The minimum absolute atomic E-state index is 0.171. The molecule has 0 aromatic heterocycles. The molecule has 0 aromatic carbocycles. The maximum absolute atomic E-state index is 13.1. The van der Waals surface area contributed by atoms with Crippen LogP contribution in [0.25, 0.3) is 0 Å². The highest BCUT2D eigenvalue weighted by molar-refractivity contribution is 7.80. The van der Waals surface area contributed by atoms with Crippen LogP contribution in [0, 0.1) is 5.41 Å². The van der Waals surface area contributed by atoms with Gasteiger partial charge in [-0.2, -0.15) is 0 Å². The summed E-state index contributed by atoms with van der Waals surface area (Å²) in [6, 6.07) is 0.341. The van der Waals surface area contributed by atoms with Crippen LogP contribution in [0.4, 0.5) is 0 Å². The van der Waals surface area contributed by atoms with E-state index in [-0.39, 0.29) is 5.91 Å². The van der Waals surface area contributed by atoms with Crippen molar-refractivity contribution in [3.05, 3.63) is 0 Å². The lowest BCUT2D eigenvalue weighted by atomic mass is 9.72. The minimum Gasteiger partial charge on any atom is -0.392 e. The third-order valence-corrected chi connectivity index (χ3v) is 5.85. The maximum Gasteiger partial charge on any atom is 0.235 e. The molecule has 2 N–H and O–H groups in total. The van der Waals surface area contributed by atoms with E-state index in [0.717, 1.165) is 58.2 Å². The number of hydrogen-bond donors (Lipinski definition) is 1. The van der Waals surface area contributed by atoms with Crippen molar-refractivity contribution >= 4 is 23.1 Å². The Morgan fingerprint density at radius 1 is 1.29 bits per heavy atom. The Morgan fingerprint density at radius 2 is 1.86 bits per heavy atom. The van der Waals surface area contributed by atoms with Crippen molar-refractivity contribution in [3.8, 4) is 0 Å². The van der Waals surface area contributed by atoms with Gasteiger partial charge in [-0.3, -0.25) is 4.79 Å². The number of nitrogens with zero attached hydrogens (tertiary/aromatic N) is 2. The van der Waals surface area contributed by atoms with E-state index in [1.165, 1.54) is 6.42 Å². The normalized spacial score (nSPS) is 23.7. The molecule has 1 aliphatic heterocycles. The van der Waals surface area contributed by atoms with E-state index < -0.39 is 5.41 Å². The molecule has 2 rings (SSSR count). The van der Waals surface area contributed by atoms with E-state index in [0.29, 0.717) is 11.0 Å². The molecule has 0 unspecified atom stereocenters. The Bertz CT molecular complexity index is 385. The van der Waals surface area contributed by atoms with E-state index in [9.17, 15) is 4.79 Å². The van der Waals surface area contributed by atoms with Gasteiger partial charge in [0.25, 0.3) is 0 Å². The largest absolute Gasteiger partial charge is 0.392 e. The van der Waals surface area contributed by atoms with Gasteiger partial charge in [0.05, 0.1) is 10.4 Å². The standard InChI is InChI=1S/C16H29N3OS/c1-3-19-11-7-13(8-12-19)18(2)15(20)16(14(17)21)9-5-4-6-10-16/h13H,3-12H2,1-2H3,(H2,17,21). The smallest absolute Gasteiger partial charge is 0.235 e. The number of nitrogens with two attached hydrogens (primary N) is 1. The molecule has 2 fully saturated rings. The highest BCUT2D eigenvalue weighted by Crippen LogP contribution is 2.39. The van der Waals surface area contributed by atoms with Crippen LogP contribution in [0.5, 0.6) is 0 Å². The fourth-order valence-electron chi connectivity index (χ4n) is 3.85. The second-order valence-electron chi connectivity index (χ2n) is 6.59. The summed E-state index contributed by atoms with van der Waals surface area (Å²) >= 11 is 5.28. The molecule has 5 heteroatoms. The van der Waals surface area contributed by atoms with Crippen molar-refractivity contribution < 1.29 is 4.79 Å². The second-order valence-corrected chi connectivity index (χ2v) is 7.03. The zero-order valence-corrected chi connectivity index (χ0v) is 14.3. The third kappa shape index (κ3) is 3.39. The molecule has 1 heterocycles. The summed E-state index contributed by atoms with van der Waals surface area (Å²) in [6.07, 6.45) is 7.10. The van der Waals surface area contributed by atoms with Crippen LogP contribution in [0.1, 0.15) is 51.9 Å². The number of rotatable bonds is 4. The molecule has 4 nitrogen and oxygen atoms in total. The number of hydrogen-bond acceptors (Lipinski definition) is 3. The number of carbonyl (C=O) groups excluding carboxylic acids is 1. The summed E-state index contributed by atoms with van der Waals surface area (Å²) in [4.78, 5) is 17.9. The highest BCUT2D eigenvalue weighted by Gasteiger charge is 2.45. The van der Waals surface area contributed by atoms with E-state index >= 15 is 0 Å². The summed E-state index contributed by atoms with van der Waals surface area (Å²) in [5.74, 6) is 0.171. The Balaban J connectivity index is 2.05. The van der Waals surface area contributed by atoms with Gasteiger partial charge < -0.3 is 15.5 Å². The molecule has 0 atom stereocenters. The lowest BCUT2D eigenvalue weighted by molar-refractivity contribution is -0.141. The summed E-state index contributed by atoms with van der Waals surface area (Å²) in [6.45, 7) is 5.46.